The average molecular weight is 291 g/mol. The summed E-state index contributed by atoms with van der Waals surface area (Å²) in [7, 11) is 0. The highest BCUT2D eigenvalue weighted by atomic mass is 35.5. The summed E-state index contributed by atoms with van der Waals surface area (Å²) in [5.74, 6) is 0.312. The summed E-state index contributed by atoms with van der Waals surface area (Å²) < 4.78 is 0. The van der Waals surface area contributed by atoms with Gasteiger partial charge >= 0.3 is 0 Å². The quantitative estimate of drug-likeness (QED) is 0.924. The summed E-state index contributed by atoms with van der Waals surface area (Å²) in [4.78, 5) is 18.3. The van der Waals surface area contributed by atoms with Crippen molar-refractivity contribution in [1.29, 1.82) is 0 Å². The van der Waals surface area contributed by atoms with Crippen molar-refractivity contribution in [3.63, 3.8) is 0 Å². The minimum Gasteiger partial charge on any atom is -0.338 e. The Bertz CT molecular complexity index is 599. The molecule has 0 unspecified atom stereocenters. The highest BCUT2D eigenvalue weighted by molar-refractivity contribution is 6.30. The molecular weight excluding hydrogens is 276 g/mol. The van der Waals surface area contributed by atoms with Crippen molar-refractivity contribution in [3.05, 3.63) is 47.0 Å². The molecule has 1 aliphatic heterocycles. The first-order valence-corrected chi connectivity index (χ1v) is 7.01. The van der Waals surface area contributed by atoms with Gasteiger partial charge in [-0.15, -0.1) is 0 Å². The zero-order chi connectivity index (χ0) is 13.9. The molecule has 5 nitrogen and oxygen atoms in total. The number of nitrogens with zero attached hydrogens (tertiary/aromatic N) is 3. The molecule has 0 spiro atoms. The number of halogens is 1. The lowest BCUT2D eigenvalue weighted by molar-refractivity contribution is 0.0705. The molecule has 0 aromatic carbocycles. The second-order valence-electron chi connectivity index (χ2n) is 4.99. The lowest BCUT2D eigenvalue weighted by Crippen LogP contribution is -2.39. The Labute approximate surface area is 122 Å². The fourth-order valence-corrected chi connectivity index (χ4v) is 2.79. The highest BCUT2D eigenvalue weighted by Gasteiger charge is 2.26. The largest absolute Gasteiger partial charge is 0.338 e. The van der Waals surface area contributed by atoms with Gasteiger partial charge in [-0.25, -0.2) is 0 Å². The van der Waals surface area contributed by atoms with Crippen LogP contribution in [0.15, 0.2) is 30.7 Å². The summed E-state index contributed by atoms with van der Waals surface area (Å²) in [6, 6.07) is 3.64. The second kappa shape index (κ2) is 5.63. The molecule has 1 aliphatic rings. The van der Waals surface area contributed by atoms with Gasteiger partial charge in [0.2, 0.25) is 0 Å². The van der Waals surface area contributed by atoms with E-state index in [4.69, 9.17) is 11.6 Å². The van der Waals surface area contributed by atoms with E-state index >= 15 is 0 Å². The zero-order valence-corrected chi connectivity index (χ0v) is 11.7. The van der Waals surface area contributed by atoms with Crippen LogP contribution in [0.2, 0.25) is 5.02 Å². The monoisotopic (exact) mass is 290 g/mol. The number of rotatable bonds is 2. The summed E-state index contributed by atoms with van der Waals surface area (Å²) in [6.45, 7) is 1.48. The molecule has 20 heavy (non-hydrogen) atoms. The number of hydrogen-bond acceptors (Lipinski definition) is 3. The molecule has 0 bridgehead atoms. The number of piperidine rings is 1. The number of H-pyrrole nitrogens is 1. The Kier molecular flexibility index (Phi) is 3.69. The normalized spacial score (nSPS) is 19.1. The van der Waals surface area contributed by atoms with Crippen molar-refractivity contribution in [2.24, 2.45) is 0 Å². The van der Waals surface area contributed by atoms with Crippen molar-refractivity contribution in [2.45, 2.75) is 18.8 Å². The van der Waals surface area contributed by atoms with E-state index in [0.717, 1.165) is 25.1 Å². The predicted molar refractivity (Wildman–Crippen MR) is 75.7 cm³/mol. The van der Waals surface area contributed by atoms with Crippen molar-refractivity contribution >= 4 is 17.5 Å². The van der Waals surface area contributed by atoms with Gasteiger partial charge in [0.05, 0.1) is 10.6 Å². The molecule has 3 rings (SSSR count). The molecule has 6 heteroatoms. The van der Waals surface area contributed by atoms with Crippen LogP contribution in [0.3, 0.4) is 0 Å². The summed E-state index contributed by atoms with van der Waals surface area (Å²) in [5, 5.41) is 7.46. The van der Waals surface area contributed by atoms with Crippen LogP contribution in [0.4, 0.5) is 0 Å². The van der Waals surface area contributed by atoms with Gasteiger partial charge in [0.1, 0.15) is 0 Å². The molecule has 1 fully saturated rings. The Morgan fingerprint density at radius 1 is 1.45 bits per heavy atom. The number of nitrogens with one attached hydrogen (secondary N) is 1. The molecule has 0 aliphatic carbocycles. The van der Waals surface area contributed by atoms with Crippen LogP contribution in [0.5, 0.6) is 0 Å². The number of aromatic amines is 1. The number of hydrogen-bond donors (Lipinski definition) is 1. The van der Waals surface area contributed by atoms with Crippen molar-refractivity contribution in [2.75, 3.05) is 13.1 Å². The molecule has 2 aromatic rings. The Balaban J connectivity index is 1.75. The maximum Gasteiger partial charge on any atom is 0.255 e. The number of likely N-dealkylation sites (tertiary alicyclic amines) is 1. The van der Waals surface area contributed by atoms with Crippen LogP contribution in [0, 0.1) is 0 Å². The molecule has 3 heterocycles. The maximum atomic E-state index is 12.5. The fourth-order valence-electron chi connectivity index (χ4n) is 2.62. The van der Waals surface area contributed by atoms with Crippen LogP contribution >= 0.6 is 11.6 Å². The SMILES string of the molecule is O=C(c1cncc(Cl)c1)N1CCC[C@@H](c2ccn[nH]2)C1. The Hall–Kier alpha value is -1.88. The van der Waals surface area contributed by atoms with Crippen molar-refractivity contribution < 1.29 is 4.79 Å². The second-order valence-corrected chi connectivity index (χ2v) is 5.43. The molecule has 104 valence electrons. The fraction of sp³-hybridized carbons (Fsp3) is 0.357. The molecular formula is C14H15ClN4O. The number of carbonyl (C=O) groups is 1. The van der Waals surface area contributed by atoms with E-state index in [1.165, 1.54) is 6.20 Å². The van der Waals surface area contributed by atoms with E-state index in [1.807, 2.05) is 11.0 Å². The molecule has 0 radical (unpaired) electrons. The first-order chi connectivity index (χ1) is 9.74. The predicted octanol–water partition coefficient (Wildman–Crippen LogP) is 2.48. The number of carbonyl (C=O) groups excluding carboxylic acids is 1. The first kappa shape index (κ1) is 13.1. The number of pyridine rings is 1. The molecule has 1 atom stereocenters. The third-order valence-corrected chi connectivity index (χ3v) is 3.83. The summed E-state index contributed by atoms with van der Waals surface area (Å²) >= 11 is 5.89. The van der Waals surface area contributed by atoms with E-state index in [9.17, 15) is 4.79 Å². The number of aromatic nitrogens is 3. The lowest BCUT2D eigenvalue weighted by atomic mass is 9.94. The molecule has 2 aromatic heterocycles. The van der Waals surface area contributed by atoms with Gasteiger partial charge in [-0.05, 0) is 25.0 Å². The highest BCUT2D eigenvalue weighted by Crippen LogP contribution is 2.26. The van der Waals surface area contributed by atoms with Gasteiger partial charge in [0.25, 0.3) is 5.91 Å². The minimum absolute atomic E-state index is 0.00999. The third-order valence-electron chi connectivity index (χ3n) is 3.62. The standard InChI is InChI=1S/C14H15ClN4O/c15-12-6-11(7-16-8-12)14(20)19-5-1-2-10(9-19)13-3-4-17-18-13/h3-4,6-8,10H,1-2,5,9H2,(H,17,18)/t10-/m1/s1. The van der Waals surface area contributed by atoms with Crippen molar-refractivity contribution in [3.8, 4) is 0 Å². The maximum absolute atomic E-state index is 12.5. The topological polar surface area (TPSA) is 61.9 Å². The minimum atomic E-state index is -0.00999. The van der Waals surface area contributed by atoms with E-state index in [-0.39, 0.29) is 5.91 Å². The smallest absolute Gasteiger partial charge is 0.255 e. The average Bonchev–Trinajstić information content (AvgIpc) is 3.01. The zero-order valence-electron chi connectivity index (χ0n) is 10.9. The van der Waals surface area contributed by atoms with Crippen LogP contribution in [0.1, 0.15) is 34.8 Å². The van der Waals surface area contributed by atoms with Crippen LogP contribution in [0.25, 0.3) is 0 Å². The van der Waals surface area contributed by atoms with Crippen molar-refractivity contribution in [1.82, 2.24) is 20.1 Å². The number of amides is 1. The lowest BCUT2D eigenvalue weighted by Gasteiger charge is -2.32. The van der Waals surface area contributed by atoms with E-state index in [1.54, 1.807) is 18.5 Å². The summed E-state index contributed by atoms with van der Waals surface area (Å²) in [6.07, 6.45) is 6.90. The third kappa shape index (κ3) is 2.67. The first-order valence-electron chi connectivity index (χ1n) is 6.63. The van der Waals surface area contributed by atoms with E-state index in [0.29, 0.717) is 23.0 Å². The van der Waals surface area contributed by atoms with E-state index < -0.39 is 0 Å². The summed E-state index contributed by atoms with van der Waals surface area (Å²) in [5.41, 5.74) is 1.63. The molecule has 1 amide bonds. The molecule has 0 saturated carbocycles. The van der Waals surface area contributed by atoms with Crippen LogP contribution in [-0.4, -0.2) is 39.1 Å². The Morgan fingerprint density at radius 2 is 2.35 bits per heavy atom. The van der Waals surface area contributed by atoms with Gasteiger partial charge in [-0.1, -0.05) is 11.6 Å². The van der Waals surface area contributed by atoms with Gasteiger partial charge < -0.3 is 4.90 Å². The molecule has 1 N–H and O–H groups in total. The molecule has 1 saturated heterocycles. The van der Waals surface area contributed by atoms with Gasteiger partial charge in [0, 0.05) is 43.3 Å². The van der Waals surface area contributed by atoms with Crippen LogP contribution in [-0.2, 0) is 0 Å². The van der Waals surface area contributed by atoms with Crippen LogP contribution < -0.4 is 0 Å². The van der Waals surface area contributed by atoms with E-state index in [2.05, 4.69) is 15.2 Å². The van der Waals surface area contributed by atoms with Gasteiger partial charge in [0.15, 0.2) is 0 Å². The Morgan fingerprint density at radius 3 is 3.10 bits per heavy atom. The van der Waals surface area contributed by atoms with Gasteiger partial charge in [-0.3, -0.25) is 14.9 Å². The van der Waals surface area contributed by atoms with Gasteiger partial charge in [-0.2, -0.15) is 5.10 Å².